The number of carbonyl (C=O) groups is 1. The van der Waals surface area contributed by atoms with Crippen LogP contribution >= 0.6 is 0 Å². The lowest BCUT2D eigenvalue weighted by molar-refractivity contribution is -0.236. The number of methoxy groups -OCH3 is 3. The zero-order valence-electron chi connectivity index (χ0n) is 27.4. The predicted molar refractivity (Wildman–Crippen MR) is 159 cm³/mol. The van der Waals surface area contributed by atoms with Crippen LogP contribution in [0.25, 0.3) is 0 Å². The maximum absolute atomic E-state index is 12.4. The van der Waals surface area contributed by atoms with Crippen LogP contribution in [-0.2, 0) is 23.7 Å². The van der Waals surface area contributed by atoms with E-state index >= 15 is 0 Å². The van der Waals surface area contributed by atoms with Crippen molar-refractivity contribution in [3.63, 3.8) is 0 Å². The summed E-state index contributed by atoms with van der Waals surface area (Å²) >= 11 is 0. The van der Waals surface area contributed by atoms with Crippen LogP contribution in [0.15, 0.2) is 11.6 Å². The minimum atomic E-state index is -0.230. The SMILES string of the molecule is COC[C@]1(C)[C@@H]2CC[C@]3(C)[C@H](CC=C4[C@@H]5CC(C)(C)[C@@H](OC)[C@@H](OC(C)=O)[C@]5(C)CC[C@]43C)[C@@]2(C)CC[C@@H]1OC. The number of allylic oxidation sites excluding steroid dienone is 2. The highest BCUT2D eigenvalue weighted by Crippen LogP contribution is 2.76. The Kier molecular flexibility index (Phi) is 7.49. The van der Waals surface area contributed by atoms with Gasteiger partial charge in [-0.2, -0.15) is 0 Å². The van der Waals surface area contributed by atoms with Crippen molar-refractivity contribution in [3.8, 4) is 0 Å². The van der Waals surface area contributed by atoms with Crippen molar-refractivity contribution in [3.05, 3.63) is 11.6 Å². The molecule has 0 aromatic carbocycles. The van der Waals surface area contributed by atoms with Gasteiger partial charge in [0.25, 0.3) is 0 Å². The summed E-state index contributed by atoms with van der Waals surface area (Å²) in [6.07, 6.45) is 11.9. The van der Waals surface area contributed by atoms with Crippen molar-refractivity contribution >= 4 is 5.97 Å². The topological polar surface area (TPSA) is 54.0 Å². The second-order valence-electron chi connectivity index (χ2n) is 16.4. The quantitative estimate of drug-likeness (QED) is 0.257. The zero-order chi connectivity index (χ0) is 29.5. The molecule has 0 heterocycles. The molecule has 0 aliphatic heterocycles. The predicted octanol–water partition coefficient (Wildman–Crippen LogP) is 7.62. The molecule has 0 amide bonds. The summed E-state index contributed by atoms with van der Waals surface area (Å²) in [5.41, 5.74) is 2.12. The molecule has 0 aromatic heterocycles. The fraction of sp³-hybridized carbons (Fsp3) is 0.914. The molecule has 5 nitrogen and oxygen atoms in total. The Morgan fingerprint density at radius 1 is 0.850 bits per heavy atom. The molecule has 0 spiro atoms. The van der Waals surface area contributed by atoms with Crippen LogP contribution in [0.2, 0.25) is 0 Å². The molecule has 0 radical (unpaired) electrons. The Morgan fingerprint density at radius 3 is 2.15 bits per heavy atom. The highest BCUT2D eigenvalue weighted by molar-refractivity contribution is 5.66. The lowest BCUT2D eigenvalue weighted by atomic mass is 9.33. The molecule has 0 N–H and O–H groups in total. The Hall–Kier alpha value is -0.910. The van der Waals surface area contributed by atoms with E-state index in [9.17, 15) is 4.79 Å². The van der Waals surface area contributed by atoms with E-state index in [2.05, 4.69) is 54.5 Å². The van der Waals surface area contributed by atoms with E-state index in [-0.39, 0.29) is 56.8 Å². The van der Waals surface area contributed by atoms with Crippen LogP contribution in [0.3, 0.4) is 0 Å². The third kappa shape index (κ3) is 3.91. The van der Waals surface area contributed by atoms with Crippen LogP contribution in [0.5, 0.6) is 0 Å². The van der Waals surface area contributed by atoms with Gasteiger partial charge in [-0.15, -0.1) is 0 Å². The molecular weight excluding hydrogens is 500 g/mol. The van der Waals surface area contributed by atoms with Gasteiger partial charge in [-0.25, -0.2) is 0 Å². The van der Waals surface area contributed by atoms with Crippen molar-refractivity contribution in [1.82, 2.24) is 0 Å². The lowest BCUT2D eigenvalue weighted by Gasteiger charge is -2.72. The van der Waals surface area contributed by atoms with Gasteiger partial charge < -0.3 is 18.9 Å². The minimum Gasteiger partial charge on any atom is -0.459 e. The van der Waals surface area contributed by atoms with E-state index in [4.69, 9.17) is 18.9 Å². The average Bonchev–Trinajstić information content (AvgIpc) is 2.86. The molecule has 0 bridgehead atoms. The lowest BCUT2D eigenvalue weighted by Crippen LogP contribution is -2.67. The number of rotatable bonds is 5. The van der Waals surface area contributed by atoms with E-state index in [0.29, 0.717) is 17.8 Å². The van der Waals surface area contributed by atoms with Gasteiger partial charge in [0.05, 0.1) is 18.8 Å². The largest absolute Gasteiger partial charge is 0.459 e. The number of esters is 1. The molecule has 0 aromatic rings. The monoisotopic (exact) mass is 558 g/mol. The van der Waals surface area contributed by atoms with Gasteiger partial charge in [-0.05, 0) is 90.8 Å². The van der Waals surface area contributed by atoms with E-state index in [1.54, 1.807) is 19.6 Å². The number of hydrogen-bond acceptors (Lipinski definition) is 5. The van der Waals surface area contributed by atoms with Gasteiger partial charge >= 0.3 is 5.97 Å². The average molecular weight is 559 g/mol. The van der Waals surface area contributed by atoms with Crippen molar-refractivity contribution in [2.45, 2.75) is 125 Å². The van der Waals surface area contributed by atoms with E-state index in [0.717, 1.165) is 38.7 Å². The summed E-state index contributed by atoms with van der Waals surface area (Å²) < 4.78 is 24.3. The number of ether oxygens (including phenoxy) is 4. The fourth-order valence-electron chi connectivity index (χ4n) is 12.1. The summed E-state index contributed by atoms with van der Waals surface area (Å²) in [5, 5.41) is 0. The zero-order valence-corrected chi connectivity index (χ0v) is 27.4. The van der Waals surface area contributed by atoms with Gasteiger partial charge in [0.2, 0.25) is 0 Å². The van der Waals surface area contributed by atoms with Crippen LogP contribution in [0, 0.1) is 50.2 Å². The molecule has 5 aliphatic rings. The highest BCUT2D eigenvalue weighted by atomic mass is 16.6. The third-order valence-corrected chi connectivity index (χ3v) is 14.3. The van der Waals surface area contributed by atoms with Crippen molar-refractivity contribution in [1.29, 1.82) is 0 Å². The maximum Gasteiger partial charge on any atom is 0.303 e. The number of hydrogen-bond donors (Lipinski definition) is 0. The standard InChI is InChI=1S/C35H58O5/c1-22(36)40-29-28(39-11)30(2,3)20-24-23-12-13-26-32(5)16-15-27(38-10)33(6,21-37-9)25(32)14-17-35(26,8)34(23,7)19-18-31(24,29)4/h12,24-29H,13-21H2,1-11H3/t24-,25+,26+,27-,28-,29+,31+,32-,33+,34+,35+/m0/s1. The Bertz CT molecular complexity index is 1030. The maximum atomic E-state index is 12.4. The van der Waals surface area contributed by atoms with Crippen molar-refractivity contribution < 1.29 is 23.7 Å². The molecule has 11 atom stereocenters. The first kappa shape index (κ1) is 30.5. The number of carbonyl (C=O) groups excluding carboxylic acids is 1. The molecular formula is C35H58O5. The van der Waals surface area contributed by atoms with Crippen LogP contribution in [-0.4, -0.2) is 52.2 Å². The second kappa shape index (κ2) is 9.81. The van der Waals surface area contributed by atoms with Gasteiger partial charge in [-0.1, -0.05) is 60.1 Å². The van der Waals surface area contributed by atoms with Gasteiger partial charge in [0, 0.05) is 39.1 Å². The summed E-state index contributed by atoms with van der Waals surface area (Å²) in [7, 11) is 5.54. The normalized spacial score (nSPS) is 51.4. The smallest absolute Gasteiger partial charge is 0.303 e. The molecule has 4 fully saturated rings. The Balaban J connectivity index is 1.57. The molecule has 0 saturated heterocycles. The van der Waals surface area contributed by atoms with E-state index < -0.39 is 0 Å². The van der Waals surface area contributed by atoms with Gasteiger partial charge in [0.1, 0.15) is 6.10 Å². The Morgan fingerprint density at radius 2 is 1.55 bits per heavy atom. The van der Waals surface area contributed by atoms with E-state index in [1.165, 1.54) is 19.3 Å². The summed E-state index contributed by atoms with van der Waals surface area (Å²) in [5.74, 6) is 1.43. The van der Waals surface area contributed by atoms with Gasteiger partial charge in [0.15, 0.2) is 0 Å². The molecule has 228 valence electrons. The first-order valence-electron chi connectivity index (χ1n) is 16.0. The third-order valence-electron chi connectivity index (χ3n) is 14.3. The van der Waals surface area contributed by atoms with Gasteiger partial charge in [-0.3, -0.25) is 4.79 Å². The van der Waals surface area contributed by atoms with Crippen molar-refractivity contribution in [2.24, 2.45) is 50.2 Å². The molecule has 0 unspecified atom stereocenters. The molecule has 5 heteroatoms. The highest BCUT2D eigenvalue weighted by Gasteiger charge is 2.70. The fourth-order valence-corrected chi connectivity index (χ4v) is 12.1. The molecule has 40 heavy (non-hydrogen) atoms. The first-order valence-corrected chi connectivity index (χ1v) is 16.0. The van der Waals surface area contributed by atoms with E-state index in [1.807, 2.05) is 14.2 Å². The molecule has 5 rings (SSSR count). The van der Waals surface area contributed by atoms with Crippen LogP contribution in [0.4, 0.5) is 0 Å². The summed E-state index contributed by atoms with van der Waals surface area (Å²) in [6.45, 7) is 19.7. The molecule has 5 aliphatic carbocycles. The second-order valence-corrected chi connectivity index (χ2v) is 16.4. The summed E-state index contributed by atoms with van der Waals surface area (Å²) in [6, 6.07) is 0. The minimum absolute atomic E-state index is 0.0354. The first-order chi connectivity index (χ1) is 18.6. The number of fused-ring (bicyclic) bond motifs is 7. The van der Waals surface area contributed by atoms with Crippen LogP contribution in [0.1, 0.15) is 107 Å². The van der Waals surface area contributed by atoms with Crippen LogP contribution < -0.4 is 0 Å². The molecule has 4 saturated carbocycles. The van der Waals surface area contributed by atoms with Crippen molar-refractivity contribution in [2.75, 3.05) is 27.9 Å². The summed E-state index contributed by atoms with van der Waals surface area (Å²) in [4.78, 5) is 12.4. The Labute approximate surface area is 244 Å².